The van der Waals surface area contributed by atoms with Gasteiger partial charge >= 0.3 is 5.97 Å². The molecule has 6 nitrogen and oxygen atoms in total. The Morgan fingerprint density at radius 1 is 0.290 bits per heavy atom. The van der Waals surface area contributed by atoms with Gasteiger partial charge in [-0.2, -0.15) is 0 Å². The summed E-state index contributed by atoms with van der Waals surface area (Å²) < 4.78 is 5.52. The van der Waals surface area contributed by atoms with Crippen molar-refractivity contribution in [3.05, 3.63) is 12.2 Å². The number of carbonyl (C=O) groups is 2. The van der Waals surface area contributed by atoms with Crippen LogP contribution in [0.3, 0.4) is 0 Å². The highest BCUT2D eigenvalue weighted by atomic mass is 16.5. The normalized spacial score (nSPS) is 12.4. The Bertz CT molecular complexity index is 1420. The predicted molar refractivity (Wildman–Crippen MR) is 412 cm³/mol. The van der Waals surface area contributed by atoms with E-state index in [0.29, 0.717) is 19.4 Å². The van der Waals surface area contributed by atoms with Gasteiger partial charge < -0.3 is 20.3 Å². The summed E-state index contributed by atoms with van der Waals surface area (Å²) in [7, 11) is 0. The molecule has 1 amide bonds. The van der Waals surface area contributed by atoms with Crippen LogP contribution in [0.5, 0.6) is 0 Å². The van der Waals surface area contributed by atoms with Gasteiger partial charge in [0.15, 0.2) is 0 Å². The Labute approximate surface area is 584 Å². The molecule has 6 heteroatoms. The maximum absolute atomic E-state index is 12.6. The van der Waals surface area contributed by atoms with Crippen LogP contribution in [-0.2, 0) is 14.3 Å². The molecule has 3 N–H and O–H groups in total. The van der Waals surface area contributed by atoms with Gasteiger partial charge in [-0.15, -0.1) is 0 Å². The summed E-state index contributed by atoms with van der Waals surface area (Å²) in [6.45, 7) is 4.98. The Kier molecular flexibility index (Phi) is 81.8. The second kappa shape index (κ2) is 83.0. The number of carbonyl (C=O) groups excluding carboxylic acids is 2. The SMILES string of the molecule is CCCCCCCCCCCCCCCCCCCCC/C=C/C(O)C(CO)NC(=O)CCCCCCCCCCCCCCCCCCCCCCCCCCCCCCCCCCCCCCCCCOC(=O)CCCCCCCCCCCCCCCCCC. The zero-order valence-electron chi connectivity index (χ0n) is 63.8. The molecule has 93 heavy (non-hydrogen) atoms. The number of allylic oxidation sites excluding steroid dienone is 1. The quantitative estimate of drug-likeness (QED) is 0.0320. The third kappa shape index (κ3) is 79.5. The highest BCUT2D eigenvalue weighted by Gasteiger charge is 2.18. The van der Waals surface area contributed by atoms with Crippen molar-refractivity contribution < 1.29 is 24.5 Å². The first-order chi connectivity index (χ1) is 46.0. The molecule has 554 valence electrons. The predicted octanol–water partition coefficient (Wildman–Crippen LogP) is 29.0. The molecule has 0 aliphatic rings. The fourth-order valence-corrected chi connectivity index (χ4v) is 14.2. The zero-order chi connectivity index (χ0) is 67.0. The van der Waals surface area contributed by atoms with Crippen LogP contribution in [0.1, 0.15) is 508 Å². The average molecular weight is 1310 g/mol. The molecule has 0 spiro atoms. The van der Waals surface area contributed by atoms with Crippen LogP contribution < -0.4 is 5.32 Å². The second-order valence-electron chi connectivity index (χ2n) is 30.2. The van der Waals surface area contributed by atoms with Crippen LogP contribution in [0.25, 0.3) is 0 Å². The molecule has 0 bridgehead atoms. The topological polar surface area (TPSA) is 95.9 Å². The largest absolute Gasteiger partial charge is 0.466 e. The molecule has 0 rings (SSSR count). The van der Waals surface area contributed by atoms with Gasteiger partial charge in [0.05, 0.1) is 25.4 Å². The Morgan fingerprint density at radius 3 is 0.731 bits per heavy atom. The number of ether oxygens (including phenoxy) is 1. The lowest BCUT2D eigenvalue weighted by molar-refractivity contribution is -0.143. The molecule has 0 aliphatic carbocycles. The van der Waals surface area contributed by atoms with Gasteiger partial charge in [-0.25, -0.2) is 0 Å². The maximum Gasteiger partial charge on any atom is 0.305 e. The minimum Gasteiger partial charge on any atom is -0.466 e. The van der Waals surface area contributed by atoms with Gasteiger partial charge in [-0.3, -0.25) is 9.59 Å². The number of esters is 1. The van der Waals surface area contributed by atoms with Crippen LogP contribution in [-0.4, -0.2) is 47.4 Å². The van der Waals surface area contributed by atoms with E-state index < -0.39 is 12.1 Å². The molecule has 0 saturated carbocycles. The Balaban J connectivity index is 3.30. The van der Waals surface area contributed by atoms with Crippen LogP contribution in [0, 0.1) is 0 Å². The molecule has 0 radical (unpaired) electrons. The summed E-state index contributed by atoms with van der Waals surface area (Å²) in [5.74, 6) is -0.0275. The van der Waals surface area contributed by atoms with Gasteiger partial charge in [0.25, 0.3) is 0 Å². The van der Waals surface area contributed by atoms with E-state index in [2.05, 4.69) is 19.2 Å². The van der Waals surface area contributed by atoms with Crippen molar-refractivity contribution in [1.82, 2.24) is 5.32 Å². The van der Waals surface area contributed by atoms with Crippen LogP contribution in [0.4, 0.5) is 0 Å². The number of unbranched alkanes of at least 4 members (excludes halogenated alkanes) is 72. The van der Waals surface area contributed by atoms with Crippen molar-refractivity contribution in [2.75, 3.05) is 13.2 Å². The number of nitrogens with one attached hydrogen (secondary N) is 1. The van der Waals surface area contributed by atoms with E-state index in [4.69, 9.17) is 4.74 Å². The third-order valence-electron chi connectivity index (χ3n) is 20.8. The first-order valence-electron chi connectivity index (χ1n) is 43.5. The summed E-state index contributed by atoms with van der Waals surface area (Å²) in [6, 6.07) is -0.624. The fourth-order valence-electron chi connectivity index (χ4n) is 14.2. The molecule has 0 heterocycles. The van der Waals surface area contributed by atoms with Gasteiger partial charge in [0.2, 0.25) is 5.91 Å². The van der Waals surface area contributed by atoms with Crippen LogP contribution in [0.2, 0.25) is 0 Å². The molecule has 0 aromatic heterocycles. The van der Waals surface area contributed by atoms with E-state index in [0.717, 1.165) is 38.5 Å². The van der Waals surface area contributed by atoms with E-state index >= 15 is 0 Å². The highest BCUT2D eigenvalue weighted by molar-refractivity contribution is 5.76. The number of hydrogen-bond acceptors (Lipinski definition) is 5. The molecule has 2 unspecified atom stereocenters. The van der Waals surface area contributed by atoms with Crippen molar-refractivity contribution in [3.8, 4) is 0 Å². The van der Waals surface area contributed by atoms with Crippen molar-refractivity contribution in [2.24, 2.45) is 0 Å². The first kappa shape index (κ1) is 91.6. The number of aliphatic hydroxyl groups is 2. The standard InChI is InChI=1S/C87H171NO5/c1-3-5-7-9-11-13-15-17-19-21-22-42-45-48-51-55-59-63-67-71-75-79-85(90)84(83-89)88-86(91)80-76-72-68-64-60-56-52-49-46-43-40-38-36-34-32-30-28-26-24-23-25-27-29-31-33-35-37-39-41-44-47-50-54-58-62-66-70-74-78-82-93-87(92)81-77-73-69-65-61-57-53-20-18-16-14-12-10-8-6-4-2/h75,79,84-85,89-90H,3-74,76-78,80-83H2,1-2H3,(H,88,91)/b79-75+. The Morgan fingerprint density at radius 2 is 0.495 bits per heavy atom. The van der Waals surface area contributed by atoms with Crippen molar-refractivity contribution in [2.45, 2.75) is 520 Å². The summed E-state index contributed by atoms with van der Waals surface area (Å²) in [4.78, 5) is 24.7. The summed E-state index contributed by atoms with van der Waals surface area (Å²) in [5.41, 5.74) is 0. The lowest BCUT2D eigenvalue weighted by Crippen LogP contribution is -2.45. The monoisotopic (exact) mass is 1310 g/mol. The zero-order valence-corrected chi connectivity index (χ0v) is 63.8. The minimum absolute atomic E-state index is 0.0287. The number of amides is 1. The number of aliphatic hydroxyl groups excluding tert-OH is 2. The second-order valence-corrected chi connectivity index (χ2v) is 30.2. The number of hydrogen-bond donors (Lipinski definition) is 3. The fraction of sp³-hybridized carbons (Fsp3) is 0.954. The van der Waals surface area contributed by atoms with E-state index in [1.807, 2.05) is 6.08 Å². The van der Waals surface area contributed by atoms with Crippen LogP contribution in [0.15, 0.2) is 12.2 Å². The minimum atomic E-state index is -0.841. The summed E-state index contributed by atoms with van der Waals surface area (Å²) in [5, 5.41) is 23.3. The Hall–Kier alpha value is -1.40. The third-order valence-corrected chi connectivity index (χ3v) is 20.8. The lowest BCUT2D eigenvalue weighted by atomic mass is 10.0. The lowest BCUT2D eigenvalue weighted by Gasteiger charge is -2.20. The van der Waals surface area contributed by atoms with Crippen LogP contribution >= 0.6 is 0 Å². The molecule has 2 atom stereocenters. The van der Waals surface area contributed by atoms with Crippen molar-refractivity contribution >= 4 is 11.9 Å². The van der Waals surface area contributed by atoms with E-state index in [1.54, 1.807) is 6.08 Å². The molecular weight excluding hydrogens is 1140 g/mol. The van der Waals surface area contributed by atoms with E-state index in [-0.39, 0.29) is 18.5 Å². The summed E-state index contributed by atoms with van der Waals surface area (Å²) in [6.07, 6.45) is 107. The maximum atomic E-state index is 12.6. The summed E-state index contributed by atoms with van der Waals surface area (Å²) >= 11 is 0. The highest BCUT2D eigenvalue weighted by Crippen LogP contribution is 2.21. The van der Waals surface area contributed by atoms with Crippen molar-refractivity contribution in [3.63, 3.8) is 0 Å². The molecule has 0 aromatic rings. The molecule has 0 aromatic carbocycles. The molecule has 0 saturated heterocycles. The van der Waals surface area contributed by atoms with E-state index in [1.165, 1.54) is 443 Å². The first-order valence-corrected chi connectivity index (χ1v) is 43.5. The van der Waals surface area contributed by atoms with E-state index in [9.17, 15) is 19.8 Å². The van der Waals surface area contributed by atoms with Crippen molar-refractivity contribution in [1.29, 1.82) is 0 Å². The van der Waals surface area contributed by atoms with Gasteiger partial charge in [-0.05, 0) is 32.1 Å². The number of rotatable bonds is 83. The smallest absolute Gasteiger partial charge is 0.305 e. The van der Waals surface area contributed by atoms with Gasteiger partial charge in [0.1, 0.15) is 0 Å². The van der Waals surface area contributed by atoms with Gasteiger partial charge in [-0.1, -0.05) is 475 Å². The molecule has 0 fully saturated rings. The molecule has 0 aliphatic heterocycles. The average Bonchev–Trinajstić information content (AvgIpc) is 3.64. The van der Waals surface area contributed by atoms with Gasteiger partial charge in [0, 0.05) is 12.8 Å². The molecular formula is C87H171NO5.